The van der Waals surface area contributed by atoms with E-state index in [1.165, 1.54) is 0 Å². The molecule has 6 heteroatoms. The Labute approximate surface area is 89.9 Å². The van der Waals surface area contributed by atoms with Gasteiger partial charge in [0.05, 0.1) is 23.7 Å². The van der Waals surface area contributed by atoms with Crippen LogP contribution in [0.15, 0.2) is 0 Å². The molecule has 6 nitrogen and oxygen atoms in total. The van der Waals surface area contributed by atoms with E-state index in [1.54, 1.807) is 0 Å². The first-order valence-electron chi connectivity index (χ1n) is 5.10. The van der Waals surface area contributed by atoms with Crippen LogP contribution >= 0.6 is 0 Å². The average Bonchev–Trinajstić information content (AvgIpc) is 2.67. The molecule has 3 rings (SSSR count). The Morgan fingerprint density at radius 3 is 1.44 bits per heavy atom. The molecule has 2 unspecified atom stereocenters. The number of carbonyl (C=O) groups is 4. The molecule has 3 aliphatic rings. The van der Waals surface area contributed by atoms with E-state index >= 15 is 0 Å². The molecule has 0 aromatic rings. The molecule has 2 heterocycles. The Morgan fingerprint density at radius 1 is 0.688 bits per heavy atom. The highest BCUT2D eigenvalue weighted by molar-refractivity contribution is 6.04. The van der Waals surface area contributed by atoms with E-state index in [9.17, 15) is 19.2 Å². The highest BCUT2D eigenvalue weighted by atomic mass is 16.6. The maximum absolute atomic E-state index is 11.5. The van der Waals surface area contributed by atoms with Crippen LogP contribution in [0.2, 0.25) is 0 Å². The summed E-state index contributed by atoms with van der Waals surface area (Å²) in [6.07, 6.45) is 0.803. The number of carbonyl (C=O) groups excluding carboxylic acids is 4. The van der Waals surface area contributed by atoms with E-state index in [1.807, 2.05) is 0 Å². The lowest BCUT2D eigenvalue weighted by molar-refractivity contribution is -0.158. The fourth-order valence-corrected chi connectivity index (χ4v) is 2.86. The van der Waals surface area contributed by atoms with Crippen LogP contribution in [-0.4, -0.2) is 23.9 Å². The standard InChI is InChI=1S/C10H8O6/c11-7-3-1-2-4-6(5(3)9(13)15-7)10(14)16-8(4)12/h3-6H,1-2H2/t3-,4?,5+,6?/m1/s1. The zero-order chi connectivity index (χ0) is 11.4. The van der Waals surface area contributed by atoms with Gasteiger partial charge in [-0.2, -0.15) is 0 Å². The first-order valence-corrected chi connectivity index (χ1v) is 5.10. The Morgan fingerprint density at radius 2 is 1.06 bits per heavy atom. The molecule has 0 bridgehead atoms. The van der Waals surface area contributed by atoms with Gasteiger partial charge in [-0.25, -0.2) is 0 Å². The minimum Gasteiger partial charge on any atom is -0.393 e. The summed E-state index contributed by atoms with van der Waals surface area (Å²) >= 11 is 0. The zero-order valence-corrected chi connectivity index (χ0v) is 8.17. The fourth-order valence-electron chi connectivity index (χ4n) is 2.86. The topological polar surface area (TPSA) is 86.7 Å². The summed E-state index contributed by atoms with van der Waals surface area (Å²) < 4.78 is 9.01. The molecule has 0 amide bonds. The molecule has 84 valence electrons. The fraction of sp³-hybridized carbons (Fsp3) is 0.600. The zero-order valence-electron chi connectivity index (χ0n) is 8.17. The number of esters is 4. The van der Waals surface area contributed by atoms with Crippen molar-refractivity contribution >= 4 is 23.9 Å². The smallest absolute Gasteiger partial charge is 0.318 e. The molecule has 0 spiro atoms. The lowest BCUT2D eigenvalue weighted by Crippen LogP contribution is -2.38. The summed E-state index contributed by atoms with van der Waals surface area (Å²) in [5.41, 5.74) is 0. The van der Waals surface area contributed by atoms with Gasteiger partial charge in [-0.05, 0) is 12.8 Å². The van der Waals surface area contributed by atoms with Crippen molar-refractivity contribution in [2.75, 3.05) is 0 Å². The van der Waals surface area contributed by atoms with E-state index in [-0.39, 0.29) is 0 Å². The largest absolute Gasteiger partial charge is 0.393 e. The van der Waals surface area contributed by atoms with Crippen LogP contribution in [0.4, 0.5) is 0 Å². The highest BCUT2D eigenvalue weighted by Crippen LogP contribution is 2.47. The van der Waals surface area contributed by atoms with E-state index in [4.69, 9.17) is 0 Å². The number of fused-ring (bicyclic) bond motifs is 3. The summed E-state index contributed by atoms with van der Waals surface area (Å²) in [7, 11) is 0. The average molecular weight is 224 g/mol. The van der Waals surface area contributed by atoms with Crippen LogP contribution in [0.1, 0.15) is 12.8 Å². The molecular weight excluding hydrogens is 216 g/mol. The van der Waals surface area contributed by atoms with Gasteiger partial charge in [-0.15, -0.1) is 0 Å². The van der Waals surface area contributed by atoms with Gasteiger partial charge in [-0.3, -0.25) is 19.2 Å². The molecule has 3 fully saturated rings. The third-order valence-corrected chi connectivity index (χ3v) is 3.59. The Balaban J connectivity index is 2.01. The van der Waals surface area contributed by atoms with Gasteiger partial charge in [0.15, 0.2) is 0 Å². The van der Waals surface area contributed by atoms with Crippen molar-refractivity contribution in [3.05, 3.63) is 0 Å². The van der Waals surface area contributed by atoms with Gasteiger partial charge in [-0.1, -0.05) is 0 Å². The van der Waals surface area contributed by atoms with Crippen molar-refractivity contribution in [2.45, 2.75) is 12.8 Å². The quantitative estimate of drug-likeness (QED) is 0.404. The van der Waals surface area contributed by atoms with Crippen molar-refractivity contribution < 1.29 is 28.7 Å². The third kappa shape index (κ3) is 1.01. The van der Waals surface area contributed by atoms with Crippen LogP contribution in [0.3, 0.4) is 0 Å². The number of hydrogen-bond acceptors (Lipinski definition) is 6. The minimum atomic E-state index is -0.815. The predicted molar refractivity (Wildman–Crippen MR) is 45.4 cm³/mol. The lowest BCUT2D eigenvalue weighted by atomic mass is 9.68. The van der Waals surface area contributed by atoms with Crippen LogP contribution in [-0.2, 0) is 28.7 Å². The second kappa shape index (κ2) is 2.90. The minimum absolute atomic E-state index is 0.402. The SMILES string of the molecule is O=C1OC(=O)C2C1CC[C@H]1C(=O)OC(=O)[C@H]21. The van der Waals surface area contributed by atoms with Crippen LogP contribution < -0.4 is 0 Å². The van der Waals surface area contributed by atoms with Crippen LogP contribution in [0.5, 0.6) is 0 Å². The maximum atomic E-state index is 11.5. The van der Waals surface area contributed by atoms with E-state index in [0.29, 0.717) is 12.8 Å². The number of cyclic esters (lactones) is 4. The first-order chi connectivity index (χ1) is 7.59. The van der Waals surface area contributed by atoms with Gasteiger partial charge < -0.3 is 9.47 Å². The van der Waals surface area contributed by atoms with Gasteiger partial charge in [0, 0.05) is 0 Å². The summed E-state index contributed by atoms with van der Waals surface area (Å²) in [5.74, 6) is -5.34. The number of hydrogen-bond donors (Lipinski definition) is 0. The van der Waals surface area contributed by atoms with E-state index in [0.717, 1.165) is 0 Å². The molecule has 2 aliphatic heterocycles. The predicted octanol–water partition coefficient (Wildman–Crippen LogP) is -0.588. The molecule has 0 aromatic heterocycles. The lowest BCUT2D eigenvalue weighted by Gasteiger charge is -2.26. The molecule has 16 heavy (non-hydrogen) atoms. The number of ether oxygens (including phenoxy) is 2. The molecular formula is C10H8O6. The highest BCUT2D eigenvalue weighted by Gasteiger charge is 2.61. The second-order valence-electron chi connectivity index (χ2n) is 4.32. The summed E-state index contributed by atoms with van der Waals surface area (Å²) in [6, 6.07) is 0. The van der Waals surface area contributed by atoms with Gasteiger partial charge in [0.1, 0.15) is 0 Å². The Hall–Kier alpha value is -1.72. The normalized spacial score (nSPS) is 41.5. The number of rotatable bonds is 0. The first kappa shape index (κ1) is 9.50. The Bertz CT molecular complexity index is 385. The van der Waals surface area contributed by atoms with Crippen LogP contribution in [0.25, 0.3) is 0 Å². The third-order valence-electron chi connectivity index (χ3n) is 3.59. The second-order valence-corrected chi connectivity index (χ2v) is 4.32. The van der Waals surface area contributed by atoms with Crippen molar-refractivity contribution in [1.29, 1.82) is 0 Å². The van der Waals surface area contributed by atoms with Crippen molar-refractivity contribution in [2.24, 2.45) is 23.7 Å². The summed E-state index contributed by atoms with van der Waals surface area (Å²) in [5, 5.41) is 0. The van der Waals surface area contributed by atoms with Crippen molar-refractivity contribution in [3.8, 4) is 0 Å². The van der Waals surface area contributed by atoms with Gasteiger partial charge >= 0.3 is 23.9 Å². The van der Waals surface area contributed by atoms with Crippen LogP contribution in [0, 0.1) is 23.7 Å². The molecule has 1 aliphatic carbocycles. The molecule has 0 aromatic carbocycles. The molecule has 1 saturated carbocycles. The van der Waals surface area contributed by atoms with Crippen molar-refractivity contribution in [3.63, 3.8) is 0 Å². The summed E-state index contributed by atoms with van der Waals surface area (Å²) in [6.45, 7) is 0. The van der Waals surface area contributed by atoms with Gasteiger partial charge in [0.2, 0.25) is 0 Å². The Kier molecular flexibility index (Phi) is 1.72. The monoisotopic (exact) mass is 224 g/mol. The van der Waals surface area contributed by atoms with E-state index < -0.39 is 47.5 Å². The molecule has 0 radical (unpaired) electrons. The molecule has 2 saturated heterocycles. The summed E-state index contributed by atoms with van der Waals surface area (Å²) in [4.78, 5) is 45.5. The van der Waals surface area contributed by atoms with E-state index in [2.05, 4.69) is 9.47 Å². The molecule has 4 atom stereocenters. The maximum Gasteiger partial charge on any atom is 0.318 e. The molecule has 0 N–H and O–H groups in total. The van der Waals surface area contributed by atoms with Crippen molar-refractivity contribution in [1.82, 2.24) is 0 Å². The van der Waals surface area contributed by atoms with Gasteiger partial charge in [0.25, 0.3) is 0 Å².